The van der Waals surface area contributed by atoms with Gasteiger partial charge in [0.1, 0.15) is 0 Å². The molecular weight excluding hydrogens is 250 g/mol. The fourth-order valence-corrected chi connectivity index (χ4v) is 3.52. The van der Waals surface area contributed by atoms with Crippen molar-refractivity contribution in [3.05, 3.63) is 29.8 Å². The van der Waals surface area contributed by atoms with Crippen LogP contribution in [-0.4, -0.2) is 38.1 Å². The molecule has 2 rings (SSSR count). The third-order valence-corrected chi connectivity index (χ3v) is 5.04. The number of amides is 1. The molecule has 1 aliphatic heterocycles. The van der Waals surface area contributed by atoms with Gasteiger partial charge in [0.2, 0.25) is 0 Å². The Bertz CT molecular complexity index is 547. The van der Waals surface area contributed by atoms with E-state index < -0.39 is 9.84 Å². The van der Waals surface area contributed by atoms with Gasteiger partial charge in [-0.3, -0.25) is 4.79 Å². The van der Waals surface area contributed by atoms with Gasteiger partial charge in [-0.1, -0.05) is 19.1 Å². The average molecular weight is 267 g/mol. The van der Waals surface area contributed by atoms with E-state index in [1.54, 1.807) is 23.1 Å². The molecule has 0 spiro atoms. The van der Waals surface area contributed by atoms with Gasteiger partial charge in [-0.05, 0) is 25.0 Å². The molecule has 1 saturated heterocycles. The molecule has 0 aliphatic carbocycles. The fraction of sp³-hybridized carbons (Fsp3) is 0.462. The number of sulfone groups is 1. The first-order valence-corrected chi connectivity index (χ1v) is 7.82. The minimum atomic E-state index is -3.35. The molecule has 0 bridgehead atoms. The molecular formula is C13H17NO3S. The molecule has 1 aromatic carbocycles. The summed E-state index contributed by atoms with van der Waals surface area (Å²) in [6.07, 6.45) is 1.55. The molecule has 0 N–H and O–H groups in total. The average Bonchev–Trinajstić information content (AvgIpc) is 2.26. The van der Waals surface area contributed by atoms with Gasteiger partial charge < -0.3 is 4.90 Å². The van der Waals surface area contributed by atoms with Gasteiger partial charge in [0.05, 0.1) is 16.2 Å². The number of rotatable bonds is 4. The molecule has 1 aliphatic rings. The Kier molecular flexibility index (Phi) is 3.71. The molecule has 0 radical (unpaired) electrons. The van der Waals surface area contributed by atoms with Crippen molar-refractivity contribution in [3.8, 4) is 0 Å². The van der Waals surface area contributed by atoms with Gasteiger partial charge in [-0.2, -0.15) is 0 Å². The Labute approximate surface area is 108 Å². The molecule has 98 valence electrons. The predicted octanol–water partition coefficient (Wildman–Crippen LogP) is 1.72. The Balaban J connectivity index is 2.39. The van der Waals surface area contributed by atoms with Crippen LogP contribution in [-0.2, 0) is 9.84 Å². The summed E-state index contributed by atoms with van der Waals surface area (Å²) in [4.78, 5) is 14.0. The second-order valence-electron chi connectivity index (χ2n) is 4.46. The van der Waals surface area contributed by atoms with Crippen molar-refractivity contribution >= 4 is 15.7 Å². The zero-order chi connectivity index (χ0) is 13.2. The number of benzene rings is 1. The van der Waals surface area contributed by atoms with E-state index in [2.05, 4.69) is 0 Å². The number of carbonyl (C=O) groups excluding carboxylic acids is 1. The highest BCUT2D eigenvalue weighted by molar-refractivity contribution is 7.91. The second kappa shape index (κ2) is 5.10. The Hall–Kier alpha value is -1.36. The summed E-state index contributed by atoms with van der Waals surface area (Å²) in [6.45, 7) is 3.26. The van der Waals surface area contributed by atoms with Crippen LogP contribution >= 0.6 is 0 Å². The standard InChI is InChI=1S/C13H17NO3S/c1-2-10-18(16,17)12-7-4-3-6-11(12)13(15)14-8-5-9-14/h3-4,6-7H,2,5,8-10H2,1H3. The molecule has 0 unspecified atom stereocenters. The van der Waals surface area contributed by atoms with Crippen LogP contribution in [0.1, 0.15) is 30.1 Å². The second-order valence-corrected chi connectivity index (χ2v) is 6.54. The first kappa shape index (κ1) is 13.1. The van der Waals surface area contributed by atoms with Gasteiger partial charge >= 0.3 is 0 Å². The quantitative estimate of drug-likeness (QED) is 0.834. The summed E-state index contributed by atoms with van der Waals surface area (Å²) in [6, 6.07) is 6.49. The first-order valence-electron chi connectivity index (χ1n) is 6.17. The molecule has 0 saturated carbocycles. The number of hydrogen-bond donors (Lipinski definition) is 0. The summed E-state index contributed by atoms with van der Waals surface area (Å²) in [5.41, 5.74) is 0.311. The van der Waals surface area contributed by atoms with Crippen molar-refractivity contribution in [2.75, 3.05) is 18.8 Å². The van der Waals surface area contributed by atoms with Crippen molar-refractivity contribution in [1.29, 1.82) is 0 Å². The fourth-order valence-electron chi connectivity index (χ4n) is 1.98. The zero-order valence-corrected chi connectivity index (χ0v) is 11.2. The maximum atomic E-state index is 12.2. The van der Waals surface area contributed by atoms with Crippen LogP contribution in [0, 0.1) is 0 Å². The molecule has 0 aromatic heterocycles. The summed E-state index contributed by atoms with van der Waals surface area (Å²) >= 11 is 0. The minimum absolute atomic E-state index is 0.0806. The van der Waals surface area contributed by atoms with Crippen molar-refractivity contribution in [1.82, 2.24) is 4.90 Å². The Morgan fingerprint density at radius 3 is 2.50 bits per heavy atom. The lowest BCUT2D eigenvalue weighted by atomic mass is 10.1. The largest absolute Gasteiger partial charge is 0.338 e. The van der Waals surface area contributed by atoms with Gasteiger partial charge in [-0.15, -0.1) is 0 Å². The maximum Gasteiger partial charge on any atom is 0.255 e. The molecule has 0 atom stereocenters. The van der Waals surface area contributed by atoms with Crippen LogP contribution in [0.2, 0.25) is 0 Å². The molecule has 1 amide bonds. The molecule has 5 heteroatoms. The van der Waals surface area contributed by atoms with E-state index in [1.165, 1.54) is 6.07 Å². The molecule has 4 nitrogen and oxygen atoms in total. The first-order chi connectivity index (χ1) is 8.56. The molecule has 1 heterocycles. The van der Waals surface area contributed by atoms with E-state index in [4.69, 9.17) is 0 Å². The van der Waals surface area contributed by atoms with Crippen LogP contribution in [0.5, 0.6) is 0 Å². The smallest absolute Gasteiger partial charge is 0.255 e. The lowest BCUT2D eigenvalue weighted by molar-refractivity contribution is 0.0648. The third-order valence-electron chi connectivity index (χ3n) is 3.07. The van der Waals surface area contributed by atoms with Crippen molar-refractivity contribution < 1.29 is 13.2 Å². The van der Waals surface area contributed by atoms with E-state index in [-0.39, 0.29) is 16.6 Å². The van der Waals surface area contributed by atoms with Crippen LogP contribution in [0.4, 0.5) is 0 Å². The summed E-state index contributed by atoms with van der Waals surface area (Å²) in [5.74, 6) is -0.0892. The topological polar surface area (TPSA) is 54.5 Å². The molecule has 18 heavy (non-hydrogen) atoms. The van der Waals surface area contributed by atoms with Crippen LogP contribution in [0.3, 0.4) is 0 Å². The third kappa shape index (κ3) is 2.41. The summed E-state index contributed by atoms with van der Waals surface area (Å²) in [7, 11) is -3.35. The maximum absolute atomic E-state index is 12.2. The highest BCUT2D eigenvalue weighted by Crippen LogP contribution is 2.21. The Morgan fingerprint density at radius 1 is 1.28 bits per heavy atom. The molecule has 1 aromatic rings. The van der Waals surface area contributed by atoms with Crippen molar-refractivity contribution in [3.63, 3.8) is 0 Å². The van der Waals surface area contributed by atoms with Gasteiger partial charge in [0.25, 0.3) is 5.91 Å². The highest BCUT2D eigenvalue weighted by Gasteiger charge is 2.27. The van der Waals surface area contributed by atoms with E-state index >= 15 is 0 Å². The van der Waals surface area contributed by atoms with Gasteiger partial charge in [0.15, 0.2) is 9.84 Å². The molecule has 1 fully saturated rings. The number of nitrogens with zero attached hydrogens (tertiary/aromatic N) is 1. The highest BCUT2D eigenvalue weighted by atomic mass is 32.2. The SMILES string of the molecule is CCCS(=O)(=O)c1ccccc1C(=O)N1CCC1. The summed E-state index contributed by atoms with van der Waals surface area (Å²) in [5, 5.41) is 0. The van der Waals surface area contributed by atoms with Gasteiger partial charge in [-0.25, -0.2) is 8.42 Å². The van der Waals surface area contributed by atoms with E-state index in [0.29, 0.717) is 12.0 Å². The Morgan fingerprint density at radius 2 is 1.94 bits per heavy atom. The van der Waals surface area contributed by atoms with Gasteiger partial charge in [0, 0.05) is 13.1 Å². The van der Waals surface area contributed by atoms with Crippen molar-refractivity contribution in [2.45, 2.75) is 24.7 Å². The summed E-state index contributed by atoms with van der Waals surface area (Å²) < 4.78 is 24.2. The number of hydrogen-bond acceptors (Lipinski definition) is 3. The number of carbonyl (C=O) groups is 1. The van der Waals surface area contributed by atoms with E-state index in [9.17, 15) is 13.2 Å². The van der Waals surface area contributed by atoms with E-state index in [0.717, 1.165) is 19.5 Å². The van der Waals surface area contributed by atoms with Crippen molar-refractivity contribution in [2.24, 2.45) is 0 Å². The van der Waals surface area contributed by atoms with E-state index in [1.807, 2.05) is 6.92 Å². The number of likely N-dealkylation sites (tertiary alicyclic amines) is 1. The zero-order valence-electron chi connectivity index (χ0n) is 10.4. The lowest BCUT2D eigenvalue weighted by Crippen LogP contribution is -2.42. The van der Waals surface area contributed by atoms with Crippen LogP contribution < -0.4 is 0 Å². The van der Waals surface area contributed by atoms with Crippen LogP contribution in [0.15, 0.2) is 29.2 Å². The monoisotopic (exact) mass is 267 g/mol. The van der Waals surface area contributed by atoms with Crippen LogP contribution in [0.25, 0.3) is 0 Å². The minimum Gasteiger partial charge on any atom is -0.338 e. The lowest BCUT2D eigenvalue weighted by Gasteiger charge is -2.31. The normalized spacial score (nSPS) is 15.3. The predicted molar refractivity (Wildman–Crippen MR) is 69.3 cm³/mol.